The molecule has 0 fully saturated rings. The highest BCUT2D eigenvalue weighted by atomic mass is 32.2. The summed E-state index contributed by atoms with van der Waals surface area (Å²) in [5.41, 5.74) is 0.221. The van der Waals surface area contributed by atoms with Crippen LogP contribution >= 0.6 is 0 Å². The molecular weight excluding hydrogens is 362 g/mol. The highest BCUT2D eigenvalue weighted by Crippen LogP contribution is 2.26. The summed E-state index contributed by atoms with van der Waals surface area (Å²) in [6.45, 7) is 0. The smallest absolute Gasteiger partial charge is 0.366 e. The highest BCUT2D eigenvalue weighted by Gasteiger charge is 2.30. The second-order valence-corrected chi connectivity index (χ2v) is 6.26. The van der Waals surface area contributed by atoms with Crippen molar-refractivity contribution < 1.29 is 27.3 Å². The summed E-state index contributed by atoms with van der Waals surface area (Å²) in [7, 11) is -2.13. The van der Waals surface area contributed by atoms with Crippen LogP contribution in [0.4, 0.5) is 16.2 Å². The van der Waals surface area contributed by atoms with Gasteiger partial charge < -0.3 is 15.4 Å². The Labute approximate surface area is 150 Å². The first-order valence-electron chi connectivity index (χ1n) is 7.32. The number of nitrogens with one attached hydrogen (secondary N) is 2. The van der Waals surface area contributed by atoms with Gasteiger partial charge in [0.15, 0.2) is 0 Å². The van der Waals surface area contributed by atoms with E-state index >= 15 is 0 Å². The molecule has 0 radical (unpaired) electrons. The lowest BCUT2D eigenvalue weighted by atomic mass is 10.2. The maximum absolute atomic E-state index is 12.7. The average Bonchev–Trinajstić information content (AvgIpc) is 2.62. The topological polar surface area (TPSA) is 125 Å². The van der Waals surface area contributed by atoms with Crippen LogP contribution in [0.25, 0.3) is 0 Å². The SMILES string of the molecule is CNC(=O)Nc1ccc(N(C(=O)c2ccccc2OC)S(=O)(=O)O)cc1. The lowest BCUT2D eigenvalue weighted by Crippen LogP contribution is -2.36. The Morgan fingerprint density at radius 3 is 2.23 bits per heavy atom. The van der Waals surface area contributed by atoms with Gasteiger partial charge in [0.2, 0.25) is 0 Å². The number of methoxy groups -OCH3 is 1. The van der Waals surface area contributed by atoms with Crippen molar-refractivity contribution in [3.63, 3.8) is 0 Å². The molecule has 0 aliphatic carbocycles. The van der Waals surface area contributed by atoms with Crippen LogP contribution in [0.15, 0.2) is 48.5 Å². The molecule has 0 aliphatic rings. The lowest BCUT2D eigenvalue weighted by molar-refractivity contribution is 0.100. The van der Waals surface area contributed by atoms with Crippen molar-refractivity contribution in [2.24, 2.45) is 0 Å². The summed E-state index contributed by atoms with van der Waals surface area (Å²) in [5, 5.41) is 4.85. The standard InChI is InChI=1S/C16H17N3O6S/c1-17-16(21)18-11-7-9-12(10-8-11)19(26(22,23)24)15(20)13-5-3-4-6-14(13)25-2/h3-10H,1-2H3,(H2,17,18,21)(H,22,23,24). The molecule has 2 rings (SSSR count). The van der Waals surface area contributed by atoms with E-state index in [4.69, 9.17) is 4.74 Å². The van der Waals surface area contributed by atoms with Crippen LogP contribution in [0, 0.1) is 0 Å². The van der Waals surface area contributed by atoms with Crippen LogP contribution in [0.5, 0.6) is 5.75 Å². The largest absolute Gasteiger partial charge is 0.496 e. The minimum Gasteiger partial charge on any atom is -0.496 e. The van der Waals surface area contributed by atoms with Gasteiger partial charge in [-0.2, -0.15) is 12.7 Å². The number of para-hydroxylation sites is 1. The Balaban J connectivity index is 2.43. The molecule has 3 amide bonds. The third-order valence-electron chi connectivity index (χ3n) is 3.34. The Bertz CT molecular complexity index is 912. The zero-order chi connectivity index (χ0) is 19.3. The normalized spacial score (nSPS) is 10.7. The number of anilines is 2. The summed E-state index contributed by atoms with van der Waals surface area (Å²) >= 11 is 0. The van der Waals surface area contributed by atoms with Crippen molar-refractivity contribution in [1.29, 1.82) is 0 Å². The van der Waals surface area contributed by atoms with E-state index < -0.39 is 22.2 Å². The van der Waals surface area contributed by atoms with Crippen LogP contribution < -0.4 is 19.7 Å². The second-order valence-electron chi connectivity index (χ2n) is 5.00. The van der Waals surface area contributed by atoms with E-state index in [1.165, 1.54) is 56.6 Å². The Morgan fingerprint density at radius 2 is 1.69 bits per heavy atom. The number of urea groups is 1. The second kappa shape index (κ2) is 7.85. The molecule has 2 aromatic carbocycles. The van der Waals surface area contributed by atoms with Gasteiger partial charge in [-0.15, -0.1) is 0 Å². The van der Waals surface area contributed by atoms with Gasteiger partial charge in [0.1, 0.15) is 5.75 Å². The molecule has 0 unspecified atom stereocenters. The molecular formula is C16H17N3O6S. The predicted octanol–water partition coefficient (Wildman–Crippen LogP) is 1.90. The number of nitrogens with zero attached hydrogens (tertiary/aromatic N) is 1. The van der Waals surface area contributed by atoms with Gasteiger partial charge in [-0.1, -0.05) is 12.1 Å². The van der Waals surface area contributed by atoms with Crippen molar-refractivity contribution in [3.05, 3.63) is 54.1 Å². The Kier molecular flexibility index (Phi) is 5.80. The summed E-state index contributed by atoms with van der Waals surface area (Å²) in [5.74, 6) is -0.832. The quantitative estimate of drug-likeness (QED) is 0.682. The number of benzene rings is 2. The summed E-state index contributed by atoms with van der Waals surface area (Å²) in [6, 6.07) is 10.9. The predicted molar refractivity (Wildman–Crippen MR) is 95.9 cm³/mol. The molecule has 0 aliphatic heterocycles. The molecule has 0 saturated carbocycles. The van der Waals surface area contributed by atoms with Crippen molar-refractivity contribution in [2.45, 2.75) is 0 Å². The minimum atomic E-state index is -4.90. The molecule has 0 bridgehead atoms. The van der Waals surface area contributed by atoms with E-state index in [9.17, 15) is 22.6 Å². The van der Waals surface area contributed by atoms with E-state index in [-0.39, 0.29) is 21.3 Å². The zero-order valence-electron chi connectivity index (χ0n) is 14.0. The number of carbonyl (C=O) groups is 2. The molecule has 9 nitrogen and oxygen atoms in total. The fraction of sp³-hybridized carbons (Fsp3) is 0.125. The van der Waals surface area contributed by atoms with E-state index in [0.29, 0.717) is 5.69 Å². The molecule has 0 spiro atoms. The van der Waals surface area contributed by atoms with Crippen molar-refractivity contribution in [2.75, 3.05) is 23.8 Å². The fourth-order valence-electron chi connectivity index (χ4n) is 2.16. The lowest BCUT2D eigenvalue weighted by Gasteiger charge is -2.20. The highest BCUT2D eigenvalue weighted by molar-refractivity contribution is 7.88. The molecule has 0 saturated heterocycles. The molecule has 2 aromatic rings. The monoisotopic (exact) mass is 379 g/mol. The maximum atomic E-state index is 12.7. The van der Waals surface area contributed by atoms with Crippen LogP contribution in [-0.2, 0) is 10.3 Å². The van der Waals surface area contributed by atoms with Gasteiger partial charge >= 0.3 is 16.3 Å². The molecule has 3 N–H and O–H groups in total. The molecule has 26 heavy (non-hydrogen) atoms. The van der Waals surface area contributed by atoms with Gasteiger partial charge in [0.05, 0.1) is 18.4 Å². The first-order valence-corrected chi connectivity index (χ1v) is 8.71. The van der Waals surface area contributed by atoms with Crippen LogP contribution in [0.1, 0.15) is 10.4 Å². The van der Waals surface area contributed by atoms with E-state index in [0.717, 1.165) is 0 Å². The van der Waals surface area contributed by atoms with Crippen LogP contribution in [-0.4, -0.2) is 39.1 Å². The number of carbonyl (C=O) groups excluding carboxylic acids is 2. The van der Waals surface area contributed by atoms with Gasteiger partial charge in [-0.25, -0.2) is 4.79 Å². The Hall–Kier alpha value is -3.11. The summed E-state index contributed by atoms with van der Waals surface area (Å²) in [6.07, 6.45) is 0. The number of hydrogen-bond acceptors (Lipinski definition) is 5. The third-order valence-corrected chi connectivity index (χ3v) is 4.18. The van der Waals surface area contributed by atoms with E-state index in [2.05, 4.69) is 10.6 Å². The van der Waals surface area contributed by atoms with Gasteiger partial charge in [-0.05, 0) is 36.4 Å². The van der Waals surface area contributed by atoms with Crippen molar-refractivity contribution >= 4 is 33.6 Å². The maximum Gasteiger partial charge on any atom is 0.366 e. The molecule has 0 aromatic heterocycles. The number of amides is 3. The van der Waals surface area contributed by atoms with Crippen LogP contribution in [0.2, 0.25) is 0 Å². The van der Waals surface area contributed by atoms with Crippen LogP contribution in [0.3, 0.4) is 0 Å². The third kappa shape index (κ3) is 4.29. The summed E-state index contributed by atoms with van der Waals surface area (Å²) < 4.78 is 38.4. The van der Waals surface area contributed by atoms with Gasteiger partial charge in [0, 0.05) is 12.7 Å². The van der Waals surface area contributed by atoms with Crippen molar-refractivity contribution in [1.82, 2.24) is 5.32 Å². The van der Waals surface area contributed by atoms with Gasteiger partial charge in [0.25, 0.3) is 5.91 Å². The zero-order valence-corrected chi connectivity index (χ0v) is 14.8. The minimum absolute atomic E-state index is 0.0415. The van der Waals surface area contributed by atoms with Crippen molar-refractivity contribution in [3.8, 4) is 5.75 Å². The fourth-order valence-corrected chi connectivity index (χ4v) is 2.86. The first-order chi connectivity index (χ1) is 12.3. The molecule has 10 heteroatoms. The molecule has 0 heterocycles. The van der Waals surface area contributed by atoms with E-state index in [1.807, 2.05) is 0 Å². The number of rotatable bonds is 5. The van der Waals surface area contributed by atoms with Gasteiger partial charge in [-0.3, -0.25) is 9.35 Å². The Morgan fingerprint density at radius 1 is 1.08 bits per heavy atom. The molecule has 138 valence electrons. The summed E-state index contributed by atoms with van der Waals surface area (Å²) in [4.78, 5) is 24.0. The first kappa shape index (κ1) is 19.2. The molecule has 0 atom stereocenters. The average molecular weight is 379 g/mol. The van der Waals surface area contributed by atoms with E-state index in [1.54, 1.807) is 6.07 Å². The number of hydrogen-bond donors (Lipinski definition) is 3. The number of ether oxygens (including phenoxy) is 1.